The van der Waals surface area contributed by atoms with Crippen LogP contribution in [0.1, 0.15) is 96.8 Å². The molecule has 0 amide bonds. The average Bonchev–Trinajstić information content (AvgIpc) is 2.52. The number of hydrogen-bond acceptors (Lipinski definition) is 2. The fourth-order valence-electron chi connectivity index (χ4n) is 3.83. The van der Waals surface area contributed by atoms with E-state index in [-0.39, 0.29) is 5.97 Å². The third-order valence-corrected chi connectivity index (χ3v) is 5.18. The standard InChI is InChI=1S/C19H36O2/c1-3-4-5-7-12-17-14-10-11-15-18(17)13-8-6-9-16-19(20)21-2/h17-18H,3-16H2,1-2H3. The Hall–Kier alpha value is -0.530. The molecular formula is C19H36O2. The maximum absolute atomic E-state index is 11.1. The van der Waals surface area contributed by atoms with Crippen LogP contribution in [-0.4, -0.2) is 13.1 Å². The molecule has 2 nitrogen and oxygen atoms in total. The molecule has 1 saturated carbocycles. The van der Waals surface area contributed by atoms with Crippen molar-refractivity contribution in [1.29, 1.82) is 0 Å². The number of esters is 1. The normalized spacial score (nSPS) is 22.2. The van der Waals surface area contributed by atoms with Crippen LogP contribution in [0.2, 0.25) is 0 Å². The molecule has 2 atom stereocenters. The van der Waals surface area contributed by atoms with Gasteiger partial charge in [-0.15, -0.1) is 0 Å². The maximum Gasteiger partial charge on any atom is 0.305 e. The van der Waals surface area contributed by atoms with Crippen LogP contribution in [-0.2, 0) is 9.53 Å². The first kappa shape index (κ1) is 18.5. The highest BCUT2D eigenvalue weighted by molar-refractivity contribution is 5.68. The largest absolute Gasteiger partial charge is 0.469 e. The van der Waals surface area contributed by atoms with E-state index in [1.54, 1.807) is 0 Å². The molecule has 2 unspecified atom stereocenters. The van der Waals surface area contributed by atoms with Crippen molar-refractivity contribution >= 4 is 5.97 Å². The van der Waals surface area contributed by atoms with Gasteiger partial charge in [0.1, 0.15) is 0 Å². The molecule has 0 aromatic carbocycles. The summed E-state index contributed by atoms with van der Waals surface area (Å²) in [5.41, 5.74) is 0. The van der Waals surface area contributed by atoms with Crippen molar-refractivity contribution < 1.29 is 9.53 Å². The van der Waals surface area contributed by atoms with E-state index in [1.807, 2.05) is 0 Å². The highest BCUT2D eigenvalue weighted by Gasteiger charge is 2.23. The highest BCUT2D eigenvalue weighted by atomic mass is 16.5. The molecule has 0 aliphatic heterocycles. The van der Waals surface area contributed by atoms with E-state index in [1.165, 1.54) is 84.2 Å². The Kier molecular flexibility index (Phi) is 10.6. The van der Waals surface area contributed by atoms with E-state index < -0.39 is 0 Å². The molecule has 1 aliphatic rings. The number of hydrogen-bond donors (Lipinski definition) is 0. The summed E-state index contributed by atoms with van der Waals surface area (Å²) in [7, 11) is 1.48. The summed E-state index contributed by atoms with van der Waals surface area (Å²) < 4.78 is 4.69. The van der Waals surface area contributed by atoms with Gasteiger partial charge < -0.3 is 4.74 Å². The van der Waals surface area contributed by atoms with Gasteiger partial charge in [0.15, 0.2) is 0 Å². The molecule has 0 saturated heterocycles. The van der Waals surface area contributed by atoms with Crippen LogP contribution in [0, 0.1) is 11.8 Å². The van der Waals surface area contributed by atoms with Gasteiger partial charge in [0.2, 0.25) is 0 Å². The van der Waals surface area contributed by atoms with E-state index in [9.17, 15) is 4.79 Å². The highest BCUT2D eigenvalue weighted by Crippen LogP contribution is 2.36. The van der Waals surface area contributed by atoms with E-state index >= 15 is 0 Å². The van der Waals surface area contributed by atoms with Gasteiger partial charge in [-0.05, 0) is 18.3 Å². The monoisotopic (exact) mass is 296 g/mol. The number of unbranched alkanes of at least 4 members (excludes halogenated alkanes) is 5. The lowest BCUT2D eigenvalue weighted by Gasteiger charge is -2.32. The van der Waals surface area contributed by atoms with E-state index in [2.05, 4.69) is 11.7 Å². The lowest BCUT2D eigenvalue weighted by molar-refractivity contribution is -0.140. The molecule has 0 spiro atoms. The molecule has 2 heteroatoms. The predicted molar refractivity (Wildman–Crippen MR) is 89.3 cm³/mol. The molecular weight excluding hydrogens is 260 g/mol. The Labute approximate surface area is 132 Å². The summed E-state index contributed by atoms with van der Waals surface area (Å²) in [6.07, 6.45) is 18.4. The molecule has 21 heavy (non-hydrogen) atoms. The van der Waals surface area contributed by atoms with Gasteiger partial charge in [0.05, 0.1) is 7.11 Å². The molecule has 0 radical (unpaired) electrons. The zero-order valence-electron chi connectivity index (χ0n) is 14.4. The first-order valence-corrected chi connectivity index (χ1v) is 9.34. The first-order chi connectivity index (χ1) is 10.3. The summed E-state index contributed by atoms with van der Waals surface area (Å²) in [5.74, 6) is 1.91. The van der Waals surface area contributed by atoms with Gasteiger partial charge in [-0.1, -0.05) is 84.0 Å². The number of ether oxygens (including phenoxy) is 1. The third-order valence-electron chi connectivity index (χ3n) is 5.18. The van der Waals surface area contributed by atoms with Gasteiger partial charge in [-0.25, -0.2) is 0 Å². The van der Waals surface area contributed by atoms with Crippen LogP contribution in [0.5, 0.6) is 0 Å². The molecule has 0 bridgehead atoms. The van der Waals surface area contributed by atoms with E-state index in [0.717, 1.165) is 18.3 Å². The predicted octanol–water partition coefficient (Wildman–Crippen LogP) is 5.89. The smallest absolute Gasteiger partial charge is 0.305 e. The van der Waals surface area contributed by atoms with Crippen LogP contribution < -0.4 is 0 Å². The quantitative estimate of drug-likeness (QED) is 0.351. The van der Waals surface area contributed by atoms with Gasteiger partial charge >= 0.3 is 5.97 Å². The fraction of sp³-hybridized carbons (Fsp3) is 0.947. The minimum atomic E-state index is -0.0542. The first-order valence-electron chi connectivity index (χ1n) is 9.34. The Morgan fingerprint density at radius 2 is 1.48 bits per heavy atom. The summed E-state index contributed by atoms with van der Waals surface area (Å²) in [6.45, 7) is 2.29. The average molecular weight is 296 g/mol. The van der Waals surface area contributed by atoms with Crippen LogP contribution in [0.4, 0.5) is 0 Å². The molecule has 1 fully saturated rings. The van der Waals surface area contributed by atoms with Gasteiger partial charge in [-0.2, -0.15) is 0 Å². The number of carbonyl (C=O) groups excluding carboxylic acids is 1. The van der Waals surface area contributed by atoms with Crippen molar-refractivity contribution in [3.05, 3.63) is 0 Å². The second-order valence-corrected chi connectivity index (χ2v) is 6.83. The number of methoxy groups -OCH3 is 1. The molecule has 0 heterocycles. The van der Waals surface area contributed by atoms with Crippen molar-refractivity contribution in [2.75, 3.05) is 7.11 Å². The summed E-state index contributed by atoms with van der Waals surface area (Å²) in [6, 6.07) is 0. The van der Waals surface area contributed by atoms with Gasteiger partial charge in [-0.3, -0.25) is 4.79 Å². The Morgan fingerprint density at radius 3 is 2.00 bits per heavy atom. The van der Waals surface area contributed by atoms with Gasteiger partial charge in [0, 0.05) is 6.42 Å². The molecule has 0 aromatic heterocycles. The van der Waals surface area contributed by atoms with Crippen molar-refractivity contribution in [2.45, 2.75) is 96.8 Å². The Morgan fingerprint density at radius 1 is 0.905 bits per heavy atom. The van der Waals surface area contributed by atoms with E-state index in [0.29, 0.717) is 6.42 Å². The topological polar surface area (TPSA) is 26.3 Å². The van der Waals surface area contributed by atoms with Crippen molar-refractivity contribution in [3.63, 3.8) is 0 Å². The molecule has 1 rings (SSSR count). The summed E-state index contributed by atoms with van der Waals surface area (Å²) in [5, 5.41) is 0. The Bertz CT molecular complexity index is 262. The van der Waals surface area contributed by atoms with Crippen LogP contribution >= 0.6 is 0 Å². The number of rotatable bonds is 11. The minimum absolute atomic E-state index is 0.0542. The second kappa shape index (κ2) is 12.1. The zero-order valence-corrected chi connectivity index (χ0v) is 14.4. The molecule has 0 aromatic rings. The lowest BCUT2D eigenvalue weighted by Crippen LogP contribution is -2.19. The molecule has 0 N–H and O–H groups in total. The van der Waals surface area contributed by atoms with E-state index in [4.69, 9.17) is 0 Å². The van der Waals surface area contributed by atoms with Crippen LogP contribution in [0.15, 0.2) is 0 Å². The van der Waals surface area contributed by atoms with Crippen LogP contribution in [0.3, 0.4) is 0 Å². The molecule has 1 aliphatic carbocycles. The fourth-order valence-corrected chi connectivity index (χ4v) is 3.83. The minimum Gasteiger partial charge on any atom is -0.469 e. The maximum atomic E-state index is 11.1. The zero-order chi connectivity index (χ0) is 15.3. The SMILES string of the molecule is CCCCCCC1CCCCC1CCCCCC(=O)OC. The summed E-state index contributed by atoms with van der Waals surface area (Å²) >= 11 is 0. The van der Waals surface area contributed by atoms with Crippen molar-refractivity contribution in [3.8, 4) is 0 Å². The van der Waals surface area contributed by atoms with Crippen molar-refractivity contribution in [2.24, 2.45) is 11.8 Å². The Balaban J connectivity index is 2.12. The molecule has 124 valence electrons. The van der Waals surface area contributed by atoms with Gasteiger partial charge in [0.25, 0.3) is 0 Å². The summed E-state index contributed by atoms with van der Waals surface area (Å²) in [4.78, 5) is 11.1. The van der Waals surface area contributed by atoms with Crippen molar-refractivity contribution in [1.82, 2.24) is 0 Å². The second-order valence-electron chi connectivity index (χ2n) is 6.83. The van der Waals surface area contributed by atoms with Crippen LogP contribution in [0.25, 0.3) is 0 Å². The number of carbonyl (C=O) groups is 1. The lowest BCUT2D eigenvalue weighted by atomic mass is 9.74. The third kappa shape index (κ3) is 8.48.